The Balaban J connectivity index is 2.38. The van der Waals surface area contributed by atoms with E-state index >= 15 is 0 Å². The van der Waals surface area contributed by atoms with Crippen LogP contribution in [0.2, 0.25) is 0 Å². The highest BCUT2D eigenvalue weighted by molar-refractivity contribution is 6.07. The van der Waals surface area contributed by atoms with Crippen LogP contribution in [0.25, 0.3) is 0 Å². The van der Waals surface area contributed by atoms with Crippen molar-refractivity contribution in [2.24, 2.45) is 0 Å². The standard InChI is InChI=1S/C17H17NO2/c1-14(19)12-13-17(20)18(15-8-4-2-5-9-15)16-10-6-3-7-11-16/h2-14,19H,1H3/t14-/m1/s1. The van der Waals surface area contributed by atoms with Crippen LogP contribution in [0.15, 0.2) is 72.8 Å². The molecule has 0 aliphatic rings. The van der Waals surface area contributed by atoms with E-state index < -0.39 is 6.10 Å². The summed E-state index contributed by atoms with van der Waals surface area (Å²) in [6.45, 7) is 1.61. The molecule has 0 radical (unpaired) electrons. The summed E-state index contributed by atoms with van der Waals surface area (Å²) < 4.78 is 0. The predicted octanol–water partition coefficient (Wildman–Crippen LogP) is 3.29. The van der Waals surface area contributed by atoms with Gasteiger partial charge in [-0.25, -0.2) is 0 Å². The summed E-state index contributed by atoms with van der Waals surface area (Å²) in [4.78, 5) is 14.0. The van der Waals surface area contributed by atoms with E-state index in [1.165, 1.54) is 12.2 Å². The van der Waals surface area contributed by atoms with E-state index in [-0.39, 0.29) is 5.91 Å². The molecule has 0 unspecified atom stereocenters. The van der Waals surface area contributed by atoms with Crippen LogP contribution in [0.4, 0.5) is 11.4 Å². The molecule has 2 aromatic rings. The quantitative estimate of drug-likeness (QED) is 0.863. The van der Waals surface area contributed by atoms with Crippen molar-refractivity contribution in [3.05, 3.63) is 72.8 Å². The second kappa shape index (κ2) is 6.68. The van der Waals surface area contributed by atoms with Crippen molar-refractivity contribution in [3.8, 4) is 0 Å². The Morgan fingerprint density at radius 3 is 1.85 bits per heavy atom. The summed E-state index contributed by atoms with van der Waals surface area (Å²) >= 11 is 0. The number of hydrogen-bond donors (Lipinski definition) is 1. The molecule has 1 atom stereocenters. The van der Waals surface area contributed by atoms with Gasteiger partial charge in [-0.2, -0.15) is 0 Å². The summed E-state index contributed by atoms with van der Waals surface area (Å²) in [7, 11) is 0. The van der Waals surface area contributed by atoms with Crippen LogP contribution < -0.4 is 4.90 Å². The normalized spacial score (nSPS) is 12.3. The maximum absolute atomic E-state index is 12.4. The summed E-state index contributed by atoms with van der Waals surface area (Å²) in [6, 6.07) is 18.9. The van der Waals surface area contributed by atoms with Gasteiger partial charge in [-0.15, -0.1) is 0 Å². The lowest BCUT2D eigenvalue weighted by atomic mass is 10.2. The average molecular weight is 267 g/mol. The molecule has 1 amide bonds. The van der Waals surface area contributed by atoms with Crippen LogP contribution in [-0.4, -0.2) is 17.1 Å². The molecule has 2 aromatic carbocycles. The number of para-hydroxylation sites is 2. The lowest BCUT2D eigenvalue weighted by Gasteiger charge is -2.21. The van der Waals surface area contributed by atoms with Crippen LogP contribution in [0.3, 0.4) is 0 Å². The van der Waals surface area contributed by atoms with Crippen molar-refractivity contribution in [3.63, 3.8) is 0 Å². The van der Waals surface area contributed by atoms with Gasteiger partial charge >= 0.3 is 0 Å². The maximum Gasteiger partial charge on any atom is 0.255 e. The van der Waals surface area contributed by atoms with Crippen LogP contribution in [0.1, 0.15) is 6.92 Å². The molecule has 0 spiro atoms. The molecule has 0 heterocycles. The highest BCUT2D eigenvalue weighted by Gasteiger charge is 2.14. The molecular formula is C17H17NO2. The van der Waals surface area contributed by atoms with Gasteiger partial charge in [-0.3, -0.25) is 9.69 Å². The van der Waals surface area contributed by atoms with Crippen LogP contribution in [-0.2, 0) is 4.79 Å². The summed E-state index contributed by atoms with van der Waals surface area (Å²) in [6.07, 6.45) is 2.22. The molecule has 0 aliphatic carbocycles. The molecule has 0 fully saturated rings. The molecule has 0 aromatic heterocycles. The van der Waals surface area contributed by atoms with Crippen LogP contribution in [0, 0.1) is 0 Å². The maximum atomic E-state index is 12.4. The SMILES string of the molecule is C[C@@H](O)C=CC(=O)N(c1ccccc1)c1ccccc1. The number of amides is 1. The zero-order valence-corrected chi connectivity index (χ0v) is 11.3. The highest BCUT2D eigenvalue weighted by atomic mass is 16.3. The highest BCUT2D eigenvalue weighted by Crippen LogP contribution is 2.25. The average Bonchev–Trinajstić information content (AvgIpc) is 2.48. The number of nitrogens with zero attached hydrogens (tertiary/aromatic N) is 1. The molecule has 0 bridgehead atoms. The van der Waals surface area contributed by atoms with Crippen LogP contribution >= 0.6 is 0 Å². The third kappa shape index (κ3) is 3.56. The molecule has 2 rings (SSSR count). The zero-order chi connectivity index (χ0) is 14.4. The Bertz CT molecular complexity index is 537. The fraction of sp³-hybridized carbons (Fsp3) is 0.118. The van der Waals surface area contributed by atoms with E-state index in [1.54, 1.807) is 11.8 Å². The Morgan fingerprint density at radius 2 is 1.45 bits per heavy atom. The van der Waals surface area contributed by atoms with E-state index in [0.717, 1.165) is 11.4 Å². The number of aliphatic hydroxyl groups excluding tert-OH is 1. The number of hydrogen-bond acceptors (Lipinski definition) is 2. The van der Waals surface area contributed by atoms with E-state index in [4.69, 9.17) is 0 Å². The van der Waals surface area contributed by atoms with Gasteiger partial charge in [0.2, 0.25) is 0 Å². The monoisotopic (exact) mass is 267 g/mol. The third-order valence-electron chi connectivity index (χ3n) is 2.77. The first-order valence-corrected chi connectivity index (χ1v) is 6.49. The lowest BCUT2D eigenvalue weighted by Crippen LogP contribution is -2.24. The predicted molar refractivity (Wildman–Crippen MR) is 80.9 cm³/mol. The van der Waals surface area contributed by atoms with E-state index in [1.807, 2.05) is 60.7 Å². The number of carbonyl (C=O) groups is 1. The molecule has 1 N–H and O–H groups in total. The minimum absolute atomic E-state index is 0.191. The van der Waals surface area contributed by atoms with Gasteiger partial charge in [0.1, 0.15) is 0 Å². The number of aliphatic hydroxyl groups is 1. The van der Waals surface area contributed by atoms with Gasteiger partial charge in [0.05, 0.1) is 6.10 Å². The van der Waals surface area contributed by atoms with Crippen molar-refractivity contribution in [1.82, 2.24) is 0 Å². The smallest absolute Gasteiger partial charge is 0.255 e. The molecule has 0 aliphatic heterocycles. The number of anilines is 2. The van der Waals surface area contributed by atoms with Gasteiger partial charge in [0.25, 0.3) is 5.91 Å². The molecule has 3 nitrogen and oxygen atoms in total. The number of carbonyl (C=O) groups excluding carboxylic acids is 1. The van der Waals surface area contributed by atoms with Gasteiger partial charge in [0.15, 0.2) is 0 Å². The minimum Gasteiger partial charge on any atom is -0.389 e. The van der Waals surface area contributed by atoms with Crippen molar-refractivity contribution in [2.75, 3.05) is 4.90 Å². The van der Waals surface area contributed by atoms with E-state index in [0.29, 0.717) is 0 Å². The minimum atomic E-state index is -0.646. The Labute approximate surface area is 118 Å². The molecule has 3 heteroatoms. The van der Waals surface area contributed by atoms with E-state index in [2.05, 4.69) is 0 Å². The van der Waals surface area contributed by atoms with Crippen molar-refractivity contribution >= 4 is 17.3 Å². The molecular weight excluding hydrogens is 250 g/mol. The summed E-state index contributed by atoms with van der Waals surface area (Å²) in [5.41, 5.74) is 1.58. The van der Waals surface area contributed by atoms with Crippen LogP contribution in [0.5, 0.6) is 0 Å². The fourth-order valence-electron chi connectivity index (χ4n) is 1.85. The summed E-state index contributed by atoms with van der Waals surface area (Å²) in [5.74, 6) is -0.191. The van der Waals surface area contributed by atoms with Crippen molar-refractivity contribution in [2.45, 2.75) is 13.0 Å². The summed E-state index contributed by atoms with van der Waals surface area (Å²) in [5, 5.41) is 9.27. The lowest BCUT2D eigenvalue weighted by molar-refractivity contribution is -0.113. The Kier molecular flexibility index (Phi) is 4.69. The molecule has 102 valence electrons. The van der Waals surface area contributed by atoms with Gasteiger partial charge in [-0.05, 0) is 31.2 Å². The molecule has 0 saturated heterocycles. The van der Waals surface area contributed by atoms with Crippen molar-refractivity contribution in [1.29, 1.82) is 0 Å². The molecule has 0 saturated carbocycles. The number of benzene rings is 2. The largest absolute Gasteiger partial charge is 0.389 e. The first-order valence-electron chi connectivity index (χ1n) is 6.49. The van der Waals surface area contributed by atoms with E-state index in [9.17, 15) is 9.90 Å². The van der Waals surface area contributed by atoms with Crippen molar-refractivity contribution < 1.29 is 9.90 Å². The fourth-order valence-corrected chi connectivity index (χ4v) is 1.85. The van der Waals surface area contributed by atoms with Gasteiger partial charge < -0.3 is 5.11 Å². The number of rotatable bonds is 4. The third-order valence-corrected chi connectivity index (χ3v) is 2.77. The first-order chi connectivity index (χ1) is 9.68. The second-order valence-electron chi connectivity index (χ2n) is 4.44. The Hall–Kier alpha value is -2.39. The zero-order valence-electron chi connectivity index (χ0n) is 11.3. The van der Waals surface area contributed by atoms with Gasteiger partial charge in [-0.1, -0.05) is 42.5 Å². The van der Waals surface area contributed by atoms with Gasteiger partial charge in [0, 0.05) is 17.5 Å². The Morgan fingerprint density at radius 1 is 1.00 bits per heavy atom. The molecule has 20 heavy (non-hydrogen) atoms. The second-order valence-corrected chi connectivity index (χ2v) is 4.44. The first kappa shape index (κ1) is 14.0. The topological polar surface area (TPSA) is 40.5 Å².